The van der Waals surface area contributed by atoms with Gasteiger partial charge in [-0.3, -0.25) is 4.79 Å². The van der Waals surface area contributed by atoms with Gasteiger partial charge in [0.15, 0.2) is 0 Å². The molecule has 0 aliphatic rings. The number of aromatic nitrogens is 2. The number of rotatable bonds is 9. The standard InChI is InChI=1S/C14H25N3O2/c1-4-7-12-16-9-11-17(12)10-6-8-14(5-2,15-3)13(18)19/h9,11,15H,4-8,10H2,1-3H3,(H,18,19). The Bertz CT molecular complexity index is 397. The molecule has 1 heterocycles. The zero-order chi connectivity index (χ0) is 14.3. The highest BCUT2D eigenvalue weighted by Gasteiger charge is 2.34. The minimum Gasteiger partial charge on any atom is -0.480 e. The molecular formula is C14H25N3O2. The van der Waals surface area contributed by atoms with E-state index in [2.05, 4.69) is 21.8 Å². The third kappa shape index (κ3) is 3.80. The van der Waals surface area contributed by atoms with E-state index in [1.54, 1.807) is 7.05 Å². The molecule has 0 aliphatic heterocycles. The molecule has 1 rings (SSSR count). The van der Waals surface area contributed by atoms with Crippen molar-refractivity contribution < 1.29 is 9.90 Å². The molecule has 1 atom stereocenters. The first kappa shape index (κ1) is 15.7. The number of carbonyl (C=O) groups is 1. The van der Waals surface area contributed by atoms with Gasteiger partial charge < -0.3 is 15.0 Å². The van der Waals surface area contributed by atoms with Crippen LogP contribution >= 0.6 is 0 Å². The van der Waals surface area contributed by atoms with Crippen molar-refractivity contribution in [3.05, 3.63) is 18.2 Å². The van der Waals surface area contributed by atoms with Crippen molar-refractivity contribution >= 4 is 5.97 Å². The molecule has 1 aromatic heterocycles. The van der Waals surface area contributed by atoms with Crippen LogP contribution in [-0.4, -0.2) is 33.2 Å². The van der Waals surface area contributed by atoms with Gasteiger partial charge in [-0.2, -0.15) is 0 Å². The smallest absolute Gasteiger partial charge is 0.323 e. The molecule has 0 amide bonds. The summed E-state index contributed by atoms with van der Waals surface area (Å²) in [6.45, 7) is 4.86. The Labute approximate surface area is 115 Å². The summed E-state index contributed by atoms with van der Waals surface area (Å²) in [5, 5.41) is 12.3. The summed E-state index contributed by atoms with van der Waals surface area (Å²) in [6.07, 6.45) is 7.86. The van der Waals surface area contributed by atoms with Crippen LogP contribution in [0.4, 0.5) is 0 Å². The summed E-state index contributed by atoms with van der Waals surface area (Å²) in [7, 11) is 1.72. The topological polar surface area (TPSA) is 67.2 Å². The van der Waals surface area contributed by atoms with Gasteiger partial charge >= 0.3 is 5.97 Å². The molecular weight excluding hydrogens is 242 g/mol. The molecule has 0 radical (unpaired) electrons. The van der Waals surface area contributed by atoms with Crippen LogP contribution in [0.2, 0.25) is 0 Å². The second-order valence-electron chi connectivity index (χ2n) is 4.88. The van der Waals surface area contributed by atoms with E-state index in [1.165, 1.54) is 0 Å². The summed E-state index contributed by atoms with van der Waals surface area (Å²) < 4.78 is 2.13. The number of imidazole rings is 1. The van der Waals surface area contributed by atoms with Gasteiger partial charge in [-0.1, -0.05) is 13.8 Å². The van der Waals surface area contributed by atoms with Crippen molar-refractivity contribution in [2.24, 2.45) is 0 Å². The van der Waals surface area contributed by atoms with Crippen LogP contribution in [0.15, 0.2) is 12.4 Å². The van der Waals surface area contributed by atoms with Crippen LogP contribution in [0.25, 0.3) is 0 Å². The number of aliphatic carboxylic acids is 1. The highest BCUT2D eigenvalue weighted by molar-refractivity contribution is 5.78. The van der Waals surface area contributed by atoms with Crippen LogP contribution < -0.4 is 5.32 Å². The minimum atomic E-state index is -0.800. The molecule has 5 nitrogen and oxygen atoms in total. The highest BCUT2D eigenvalue weighted by atomic mass is 16.4. The van der Waals surface area contributed by atoms with Crippen molar-refractivity contribution in [2.45, 2.75) is 58.0 Å². The Morgan fingerprint density at radius 3 is 2.79 bits per heavy atom. The summed E-state index contributed by atoms with van der Waals surface area (Å²) in [6, 6.07) is 0. The predicted molar refractivity (Wildman–Crippen MR) is 75.2 cm³/mol. The van der Waals surface area contributed by atoms with Gasteiger partial charge in [-0.05, 0) is 32.7 Å². The van der Waals surface area contributed by atoms with Gasteiger partial charge in [0, 0.05) is 25.4 Å². The van der Waals surface area contributed by atoms with Gasteiger partial charge in [0.1, 0.15) is 11.4 Å². The van der Waals surface area contributed by atoms with Crippen LogP contribution in [0.3, 0.4) is 0 Å². The maximum absolute atomic E-state index is 11.4. The Morgan fingerprint density at radius 2 is 2.26 bits per heavy atom. The lowest BCUT2D eigenvalue weighted by molar-refractivity contribution is -0.145. The summed E-state index contributed by atoms with van der Waals surface area (Å²) in [4.78, 5) is 15.7. The second-order valence-corrected chi connectivity index (χ2v) is 4.88. The molecule has 0 aliphatic carbocycles. The zero-order valence-electron chi connectivity index (χ0n) is 12.1. The van der Waals surface area contributed by atoms with Crippen molar-refractivity contribution in [3.63, 3.8) is 0 Å². The number of carboxylic acids is 1. The monoisotopic (exact) mass is 267 g/mol. The van der Waals surface area contributed by atoms with E-state index < -0.39 is 11.5 Å². The Morgan fingerprint density at radius 1 is 1.53 bits per heavy atom. The molecule has 0 saturated heterocycles. The molecule has 5 heteroatoms. The van der Waals surface area contributed by atoms with Crippen LogP contribution in [0.1, 0.15) is 45.4 Å². The Kier molecular flexibility index (Phi) is 6.02. The van der Waals surface area contributed by atoms with Gasteiger partial charge in [0.25, 0.3) is 0 Å². The lowest BCUT2D eigenvalue weighted by atomic mass is 9.90. The normalized spacial score (nSPS) is 14.3. The van der Waals surface area contributed by atoms with Crippen molar-refractivity contribution in [1.82, 2.24) is 14.9 Å². The molecule has 0 aromatic carbocycles. The first-order chi connectivity index (χ1) is 9.09. The number of aryl methyl sites for hydroxylation is 2. The zero-order valence-corrected chi connectivity index (χ0v) is 12.1. The predicted octanol–water partition coefficient (Wildman–Crippen LogP) is 2.07. The van der Waals surface area contributed by atoms with E-state index in [1.807, 2.05) is 19.3 Å². The molecule has 0 bridgehead atoms. The third-order valence-electron chi connectivity index (χ3n) is 3.77. The summed E-state index contributed by atoms with van der Waals surface area (Å²) in [5.74, 6) is 0.321. The number of hydrogen-bond donors (Lipinski definition) is 2. The fourth-order valence-corrected chi connectivity index (χ4v) is 2.39. The van der Waals surface area contributed by atoms with Gasteiger partial charge in [0.05, 0.1) is 0 Å². The summed E-state index contributed by atoms with van der Waals surface area (Å²) >= 11 is 0. The molecule has 0 spiro atoms. The van der Waals surface area contributed by atoms with E-state index >= 15 is 0 Å². The Balaban J connectivity index is 2.57. The summed E-state index contributed by atoms with van der Waals surface area (Å²) in [5.41, 5.74) is -0.800. The van der Waals surface area contributed by atoms with Gasteiger partial charge in [-0.15, -0.1) is 0 Å². The molecule has 1 unspecified atom stereocenters. The quantitative estimate of drug-likeness (QED) is 0.719. The lowest BCUT2D eigenvalue weighted by Crippen LogP contribution is -2.49. The molecule has 19 heavy (non-hydrogen) atoms. The average Bonchev–Trinajstić information content (AvgIpc) is 2.83. The second kappa shape index (κ2) is 7.28. The number of nitrogens with one attached hydrogen (secondary N) is 1. The van der Waals surface area contributed by atoms with Crippen molar-refractivity contribution in [3.8, 4) is 0 Å². The van der Waals surface area contributed by atoms with Gasteiger partial charge in [0.2, 0.25) is 0 Å². The molecule has 1 aromatic rings. The van der Waals surface area contributed by atoms with Crippen LogP contribution in [-0.2, 0) is 17.8 Å². The fourth-order valence-electron chi connectivity index (χ4n) is 2.39. The van der Waals surface area contributed by atoms with E-state index in [4.69, 9.17) is 0 Å². The average molecular weight is 267 g/mol. The largest absolute Gasteiger partial charge is 0.480 e. The van der Waals surface area contributed by atoms with Crippen LogP contribution in [0.5, 0.6) is 0 Å². The number of nitrogens with zero attached hydrogens (tertiary/aromatic N) is 2. The Hall–Kier alpha value is -1.36. The first-order valence-corrected chi connectivity index (χ1v) is 7.02. The van der Waals surface area contributed by atoms with Gasteiger partial charge in [-0.25, -0.2) is 4.98 Å². The van der Waals surface area contributed by atoms with E-state index in [9.17, 15) is 9.90 Å². The number of carboxylic acid groups (broad SMARTS) is 1. The minimum absolute atomic E-state index is 0.588. The number of likely N-dealkylation sites (N-methyl/N-ethyl adjacent to an activating group) is 1. The fraction of sp³-hybridized carbons (Fsp3) is 0.714. The maximum atomic E-state index is 11.4. The number of hydrogen-bond acceptors (Lipinski definition) is 3. The molecule has 0 fully saturated rings. The lowest BCUT2D eigenvalue weighted by Gasteiger charge is -2.27. The maximum Gasteiger partial charge on any atom is 0.323 e. The molecule has 0 saturated carbocycles. The van der Waals surface area contributed by atoms with Crippen molar-refractivity contribution in [2.75, 3.05) is 7.05 Å². The first-order valence-electron chi connectivity index (χ1n) is 7.02. The molecule has 2 N–H and O–H groups in total. The van der Waals surface area contributed by atoms with E-state index in [-0.39, 0.29) is 0 Å². The third-order valence-corrected chi connectivity index (χ3v) is 3.77. The highest BCUT2D eigenvalue weighted by Crippen LogP contribution is 2.18. The van der Waals surface area contributed by atoms with Crippen molar-refractivity contribution in [1.29, 1.82) is 0 Å². The van der Waals surface area contributed by atoms with E-state index in [0.717, 1.165) is 31.6 Å². The molecule has 108 valence electrons. The SMILES string of the molecule is CCCc1nccn1CCCC(CC)(NC)C(=O)O. The van der Waals surface area contributed by atoms with Crippen LogP contribution in [0, 0.1) is 0 Å². The van der Waals surface area contributed by atoms with E-state index in [0.29, 0.717) is 12.8 Å².